The van der Waals surface area contributed by atoms with Crippen molar-refractivity contribution < 1.29 is 4.79 Å². The summed E-state index contributed by atoms with van der Waals surface area (Å²) in [6.07, 6.45) is 5.96. The highest BCUT2D eigenvalue weighted by Crippen LogP contribution is 2.41. The first-order valence-corrected chi connectivity index (χ1v) is 15.4. The Hall–Kier alpha value is -2.75. The molecule has 9 heteroatoms. The van der Waals surface area contributed by atoms with Gasteiger partial charge in [-0.3, -0.25) is 4.79 Å². The van der Waals surface area contributed by atoms with Crippen LogP contribution in [0.15, 0.2) is 35.7 Å². The van der Waals surface area contributed by atoms with Crippen molar-refractivity contribution in [1.29, 1.82) is 0 Å². The van der Waals surface area contributed by atoms with Gasteiger partial charge in [0.2, 0.25) is 11.9 Å². The number of fused-ring (bicyclic) bond motifs is 1. The summed E-state index contributed by atoms with van der Waals surface area (Å²) in [6, 6.07) is 11.4. The minimum Gasteiger partial charge on any atom is -0.370 e. The van der Waals surface area contributed by atoms with Crippen LogP contribution in [0.4, 0.5) is 11.8 Å². The van der Waals surface area contributed by atoms with Gasteiger partial charge in [0.15, 0.2) is 0 Å². The summed E-state index contributed by atoms with van der Waals surface area (Å²) < 4.78 is 0. The number of nitrogens with zero attached hydrogens (tertiary/aromatic N) is 6. The highest BCUT2D eigenvalue weighted by molar-refractivity contribution is 7.17. The largest absolute Gasteiger partial charge is 0.370 e. The number of carbonyl (C=O) groups excluding carboxylic acids is 1. The molecule has 1 amide bonds. The molecule has 5 heterocycles. The molecule has 0 spiro atoms. The molecule has 2 atom stereocenters. The van der Waals surface area contributed by atoms with E-state index in [4.69, 9.17) is 15.7 Å². The molecule has 2 aromatic heterocycles. The maximum Gasteiger partial charge on any atom is 0.228 e. The van der Waals surface area contributed by atoms with Crippen LogP contribution in [0.25, 0.3) is 21.3 Å². The number of hydrogen-bond acceptors (Lipinski definition) is 8. The van der Waals surface area contributed by atoms with Crippen LogP contribution in [0, 0.1) is 5.92 Å². The van der Waals surface area contributed by atoms with Crippen molar-refractivity contribution in [3.8, 4) is 11.1 Å². The number of thiophene rings is 1. The van der Waals surface area contributed by atoms with E-state index in [1.807, 2.05) is 0 Å². The van der Waals surface area contributed by atoms with Crippen molar-refractivity contribution in [1.82, 2.24) is 19.8 Å². The first-order chi connectivity index (χ1) is 19.0. The quantitative estimate of drug-likeness (QED) is 0.456. The Kier molecular flexibility index (Phi) is 7.73. The molecule has 8 nitrogen and oxygen atoms in total. The fourth-order valence-corrected chi connectivity index (χ4v) is 7.74. The van der Waals surface area contributed by atoms with E-state index in [2.05, 4.69) is 69.4 Å². The van der Waals surface area contributed by atoms with Gasteiger partial charge in [-0.15, -0.1) is 11.3 Å². The molecule has 3 fully saturated rings. The minimum absolute atomic E-state index is 0.0808. The predicted molar refractivity (Wildman–Crippen MR) is 160 cm³/mol. The van der Waals surface area contributed by atoms with E-state index in [0.717, 1.165) is 54.5 Å². The highest BCUT2D eigenvalue weighted by Gasteiger charge is 2.32. The Morgan fingerprint density at radius 2 is 1.87 bits per heavy atom. The molecule has 3 aromatic rings. The molecule has 0 aliphatic carbocycles. The summed E-state index contributed by atoms with van der Waals surface area (Å²) in [7, 11) is 4.54. The number of carbonyl (C=O) groups is 1. The fraction of sp³-hybridized carbons (Fsp3) is 0.567. The molecule has 0 bridgehead atoms. The van der Waals surface area contributed by atoms with E-state index in [0.29, 0.717) is 18.4 Å². The number of likely N-dealkylation sites (tertiary alicyclic amines) is 1. The normalized spacial score (nSPS) is 22.9. The first kappa shape index (κ1) is 26.5. The number of amides is 1. The van der Waals surface area contributed by atoms with Gasteiger partial charge in [-0.05, 0) is 64.2 Å². The van der Waals surface area contributed by atoms with Crippen LogP contribution in [-0.4, -0.2) is 91.1 Å². The third kappa shape index (κ3) is 5.62. The van der Waals surface area contributed by atoms with E-state index in [1.165, 1.54) is 50.0 Å². The first-order valence-electron chi connectivity index (χ1n) is 14.5. The number of benzene rings is 1. The van der Waals surface area contributed by atoms with Crippen molar-refractivity contribution >= 4 is 39.2 Å². The van der Waals surface area contributed by atoms with Crippen LogP contribution >= 0.6 is 11.3 Å². The van der Waals surface area contributed by atoms with Crippen molar-refractivity contribution in [2.45, 2.75) is 50.6 Å². The molecule has 1 aromatic carbocycles. The van der Waals surface area contributed by atoms with Gasteiger partial charge in [-0.2, -0.15) is 4.98 Å². The summed E-state index contributed by atoms with van der Waals surface area (Å²) in [6.45, 7) is 6.44. The van der Waals surface area contributed by atoms with Crippen molar-refractivity contribution in [3.63, 3.8) is 0 Å². The SMILES string of the molecule is CN1CCC(N(C)CC2CCN(c3nc(N4CCC[C@@H]4CC(N)=O)nc4scc(-c5ccccc5)c34)CC2)C1. The summed E-state index contributed by atoms with van der Waals surface area (Å²) in [5, 5.41) is 3.39. The van der Waals surface area contributed by atoms with Crippen LogP contribution in [0.1, 0.15) is 38.5 Å². The number of aromatic nitrogens is 2. The third-order valence-corrected chi connectivity index (χ3v) is 9.88. The number of hydrogen-bond donors (Lipinski definition) is 1. The number of piperidine rings is 1. The van der Waals surface area contributed by atoms with Crippen LogP contribution in [-0.2, 0) is 4.79 Å². The molecule has 3 saturated heterocycles. The molecule has 0 saturated carbocycles. The molecule has 39 heavy (non-hydrogen) atoms. The van der Waals surface area contributed by atoms with Gasteiger partial charge < -0.3 is 25.3 Å². The van der Waals surface area contributed by atoms with Crippen LogP contribution in [0.2, 0.25) is 0 Å². The number of anilines is 2. The standard InChI is InChI=1S/C30H41N7OS/c1-34-14-12-24(19-34)35(2)18-21-10-15-36(16-11-21)28-27-25(22-7-4-3-5-8-22)20-39-29(27)33-30(32-28)37-13-6-9-23(37)17-26(31)38/h3-5,7-8,20-21,23-24H,6,9-19H2,1-2H3,(H2,31,38)/t23-,24?/m1/s1. The Morgan fingerprint density at radius 3 is 2.59 bits per heavy atom. The molecule has 6 rings (SSSR count). The molecular formula is C30H41N7OS. The lowest BCUT2D eigenvalue weighted by Gasteiger charge is -2.36. The van der Waals surface area contributed by atoms with E-state index < -0.39 is 0 Å². The summed E-state index contributed by atoms with van der Waals surface area (Å²) >= 11 is 1.69. The van der Waals surface area contributed by atoms with Crippen LogP contribution in [0.5, 0.6) is 0 Å². The molecule has 0 radical (unpaired) electrons. The molecule has 2 N–H and O–H groups in total. The van der Waals surface area contributed by atoms with Crippen LogP contribution in [0.3, 0.4) is 0 Å². The Bertz CT molecular complexity index is 1290. The predicted octanol–water partition coefficient (Wildman–Crippen LogP) is 4.05. The summed E-state index contributed by atoms with van der Waals surface area (Å²) in [5.74, 6) is 2.24. The lowest BCUT2D eigenvalue weighted by molar-refractivity contribution is -0.118. The van der Waals surface area contributed by atoms with Gasteiger partial charge in [0.25, 0.3) is 0 Å². The average Bonchev–Trinajstić information content (AvgIpc) is 3.69. The zero-order chi connectivity index (χ0) is 26.9. The Labute approximate surface area is 235 Å². The smallest absolute Gasteiger partial charge is 0.228 e. The molecule has 208 valence electrons. The zero-order valence-electron chi connectivity index (χ0n) is 23.3. The highest BCUT2D eigenvalue weighted by atomic mass is 32.1. The van der Waals surface area contributed by atoms with Gasteiger partial charge >= 0.3 is 0 Å². The Morgan fingerprint density at radius 1 is 1.08 bits per heavy atom. The zero-order valence-corrected chi connectivity index (χ0v) is 24.1. The summed E-state index contributed by atoms with van der Waals surface area (Å²) in [4.78, 5) is 32.9. The third-order valence-electron chi connectivity index (χ3n) is 9.01. The monoisotopic (exact) mass is 547 g/mol. The van der Waals surface area contributed by atoms with Gasteiger partial charge in [0.1, 0.15) is 10.6 Å². The maximum atomic E-state index is 11.8. The second-order valence-corrected chi connectivity index (χ2v) is 12.6. The van der Waals surface area contributed by atoms with Crippen molar-refractivity contribution in [2.75, 3.05) is 63.2 Å². The number of likely N-dealkylation sites (N-methyl/N-ethyl adjacent to an activating group) is 2. The Balaban J connectivity index is 1.28. The van der Waals surface area contributed by atoms with Gasteiger partial charge in [0, 0.05) is 62.2 Å². The lowest BCUT2D eigenvalue weighted by Crippen LogP contribution is -2.42. The summed E-state index contributed by atoms with van der Waals surface area (Å²) in [5.41, 5.74) is 8.00. The molecular weight excluding hydrogens is 506 g/mol. The fourth-order valence-electron chi connectivity index (χ4n) is 6.80. The lowest BCUT2D eigenvalue weighted by atomic mass is 9.95. The van der Waals surface area contributed by atoms with Crippen molar-refractivity contribution in [3.05, 3.63) is 35.7 Å². The average molecular weight is 548 g/mol. The second kappa shape index (κ2) is 11.4. The van der Waals surface area contributed by atoms with E-state index >= 15 is 0 Å². The number of rotatable bonds is 8. The molecule has 1 unspecified atom stereocenters. The van der Waals surface area contributed by atoms with Gasteiger partial charge in [0.05, 0.1) is 5.39 Å². The second-order valence-electron chi connectivity index (χ2n) is 11.8. The van der Waals surface area contributed by atoms with E-state index in [1.54, 1.807) is 11.3 Å². The van der Waals surface area contributed by atoms with Gasteiger partial charge in [-0.1, -0.05) is 30.3 Å². The number of nitrogens with two attached hydrogens (primary N) is 1. The van der Waals surface area contributed by atoms with E-state index in [-0.39, 0.29) is 11.9 Å². The molecule has 3 aliphatic rings. The number of primary amides is 1. The van der Waals surface area contributed by atoms with Gasteiger partial charge in [-0.25, -0.2) is 4.98 Å². The minimum atomic E-state index is -0.257. The van der Waals surface area contributed by atoms with E-state index in [9.17, 15) is 4.79 Å². The van der Waals surface area contributed by atoms with Crippen LogP contribution < -0.4 is 15.5 Å². The topological polar surface area (TPSA) is 81.8 Å². The molecule has 3 aliphatic heterocycles. The maximum absolute atomic E-state index is 11.8. The van der Waals surface area contributed by atoms with Crippen molar-refractivity contribution in [2.24, 2.45) is 11.7 Å².